The van der Waals surface area contributed by atoms with Gasteiger partial charge in [-0.15, -0.1) is 11.3 Å². The first-order valence-corrected chi connectivity index (χ1v) is 8.58. The molecule has 0 bridgehead atoms. The molecule has 2 rings (SSSR count). The Morgan fingerprint density at radius 1 is 1.55 bits per heavy atom. The van der Waals surface area contributed by atoms with Crippen molar-refractivity contribution in [3.05, 3.63) is 16.3 Å². The van der Waals surface area contributed by atoms with Crippen LogP contribution in [0.1, 0.15) is 16.1 Å². The molecule has 2 heterocycles. The van der Waals surface area contributed by atoms with E-state index in [9.17, 15) is 22.0 Å². The highest BCUT2D eigenvalue weighted by Crippen LogP contribution is 2.26. The van der Waals surface area contributed by atoms with Crippen LogP contribution in [0.15, 0.2) is 11.4 Å². The van der Waals surface area contributed by atoms with Crippen molar-refractivity contribution in [2.75, 3.05) is 18.1 Å². The van der Waals surface area contributed by atoms with Crippen LogP contribution in [-0.2, 0) is 9.84 Å². The molecule has 0 radical (unpaired) electrons. The largest absolute Gasteiger partial charge is 0.433 e. The number of ether oxygens (including phenoxy) is 1. The zero-order valence-corrected chi connectivity index (χ0v) is 12.0. The number of alkyl halides is 2. The smallest absolute Gasteiger partial charge is 0.387 e. The number of nitrogens with one attached hydrogen (secondary N) is 1. The maximum absolute atomic E-state index is 12.1. The van der Waals surface area contributed by atoms with Crippen LogP contribution in [0.4, 0.5) is 8.78 Å². The van der Waals surface area contributed by atoms with Crippen molar-refractivity contribution in [3.8, 4) is 5.75 Å². The number of hydrogen-bond donors (Lipinski definition) is 1. The molecule has 20 heavy (non-hydrogen) atoms. The summed E-state index contributed by atoms with van der Waals surface area (Å²) in [5.74, 6) is -0.630. The molecule has 1 fully saturated rings. The number of thiophene rings is 1. The van der Waals surface area contributed by atoms with E-state index in [4.69, 9.17) is 0 Å². The van der Waals surface area contributed by atoms with Crippen LogP contribution in [0.25, 0.3) is 0 Å². The Hall–Kier alpha value is -1.22. The van der Waals surface area contributed by atoms with Crippen molar-refractivity contribution in [2.45, 2.75) is 13.0 Å². The van der Waals surface area contributed by atoms with Crippen LogP contribution in [0.2, 0.25) is 0 Å². The number of sulfone groups is 1. The van der Waals surface area contributed by atoms with Gasteiger partial charge in [0.25, 0.3) is 5.91 Å². The van der Waals surface area contributed by atoms with E-state index in [-0.39, 0.29) is 34.6 Å². The quantitative estimate of drug-likeness (QED) is 0.891. The van der Waals surface area contributed by atoms with Crippen molar-refractivity contribution in [1.29, 1.82) is 0 Å². The van der Waals surface area contributed by atoms with E-state index in [0.29, 0.717) is 6.42 Å². The van der Waals surface area contributed by atoms with Crippen molar-refractivity contribution in [1.82, 2.24) is 5.32 Å². The molecule has 1 amide bonds. The highest BCUT2D eigenvalue weighted by molar-refractivity contribution is 7.91. The minimum Gasteiger partial charge on any atom is -0.433 e. The molecule has 0 saturated carbocycles. The van der Waals surface area contributed by atoms with E-state index in [1.165, 1.54) is 11.4 Å². The first kappa shape index (κ1) is 15.2. The van der Waals surface area contributed by atoms with Crippen LogP contribution in [0.5, 0.6) is 5.75 Å². The minimum absolute atomic E-state index is 0.0537. The second-order valence-corrected chi connectivity index (χ2v) is 7.62. The molecule has 1 saturated heterocycles. The Labute approximate surface area is 118 Å². The Morgan fingerprint density at radius 2 is 2.30 bits per heavy atom. The Bertz CT molecular complexity index is 585. The van der Waals surface area contributed by atoms with E-state index in [1.807, 2.05) is 0 Å². The second-order valence-electron chi connectivity index (χ2n) is 4.47. The summed E-state index contributed by atoms with van der Waals surface area (Å²) in [6, 6.07) is 1.30. The molecule has 1 atom stereocenters. The van der Waals surface area contributed by atoms with Gasteiger partial charge in [0.1, 0.15) is 10.6 Å². The Morgan fingerprint density at radius 3 is 2.90 bits per heavy atom. The summed E-state index contributed by atoms with van der Waals surface area (Å²) in [5.41, 5.74) is 0. The average molecular weight is 325 g/mol. The summed E-state index contributed by atoms with van der Waals surface area (Å²) in [6.07, 6.45) is 0.507. The lowest BCUT2D eigenvalue weighted by atomic mass is 10.1. The standard InChI is InChI=1S/C11H13F2NO4S2/c12-11(13)18-8-1-3-19-9(8)10(15)14-5-7-2-4-20(16,17)6-7/h1,3,7,11H,2,4-6H2,(H,14,15)/t7-/m1/s1. The lowest BCUT2D eigenvalue weighted by Gasteiger charge is -2.10. The number of carbonyl (C=O) groups excluding carboxylic acids is 1. The zero-order valence-electron chi connectivity index (χ0n) is 10.3. The van der Waals surface area contributed by atoms with E-state index in [1.54, 1.807) is 0 Å². The van der Waals surface area contributed by atoms with Crippen LogP contribution in [-0.4, -0.2) is 39.0 Å². The van der Waals surface area contributed by atoms with Gasteiger partial charge < -0.3 is 10.1 Å². The van der Waals surface area contributed by atoms with Crippen molar-refractivity contribution in [3.63, 3.8) is 0 Å². The number of halogens is 2. The lowest BCUT2D eigenvalue weighted by Crippen LogP contribution is -2.29. The fourth-order valence-corrected chi connectivity index (χ4v) is 4.60. The fraction of sp³-hybridized carbons (Fsp3) is 0.545. The summed E-state index contributed by atoms with van der Waals surface area (Å²) in [7, 11) is -2.99. The summed E-state index contributed by atoms with van der Waals surface area (Å²) in [5, 5.41) is 4.04. The van der Waals surface area contributed by atoms with Gasteiger partial charge in [-0.1, -0.05) is 0 Å². The van der Waals surface area contributed by atoms with E-state index < -0.39 is 22.4 Å². The van der Waals surface area contributed by atoms with E-state index in [2.05, 4.69) is 10.1 Å². The lowest BCUT2D eigenvalue weighted by molar-refractivity contribution is -0.0498. The summed E-state index contributed by atoms with van der Waals surface area (Å²) in [6.45, 7) is -2.78. The molecular formula is C11H13F2NO4S2. The molecule has 0 unspecified atom stereocenters. The molecule has 1 N–H and O–H groups in total. The number of amides is 1. The molecule has 1 aromatic heterocycles. The number of rotatable bonds is 5. The average Bonchev–Trinajstić information content (AvgIpc) is 2.92. The first-order valence-electron chi connectivity index (χ1n) is 5.88. The monoisotopic (exact) mass is 325 g/mol. The van der Waals surface area contributed by atoms with Gasteiger partial charge in [0.05, 0.1) is 11.5 Å². The predicted octanol–water partition coefficient (Wildman–Crippen LogP) is 1.51. The van der Waals surface area contributed by atoms with Gasteiger partial charge in [0, 0.05) is 6.54 Å². The fourth-order valence-electron chi connectivity index (χ4n) is 2.00. The maximum Gasteiger partial charge on any atom is 0.387 e. The van der Waals surface area contributed by atoms with Gasteiger partial charge in [-0.2, -0.15) is 8.78 Å². The predicted molar refractivity (Wildman–Crippen MR) is 70.0 cm³/mol. The molecule has 112 valence electrons. The van der Waals surface area contributed by atoms with Crippen LogP contribution in [0.3, 0.4) is 0 Å². The topological polar surface area (TPSA) is 72.5 Å². The van der Waals surface area contributed by atoms with Gasteiger partial charge >= 0.3 is 6.61 Å². The molecule has 0 aromatic carbocycles. The SMILES string of the molecule is O=C(NC[C@H]1CCS(=O)(=O)C1)c1sccc1OC(F)F. The molecule has 1 aliphatic rings. The molecule has 1 aliphatic heterocycles. The Balaban J connectivity index is 1.91. The van der Waals surface area contributed by atoms with Gasteiger partial charge in [0.2, 0.25) is 0 Å². The van der Waals surface area contributed by atoms with Gasteiger partial charge in [-0.25, -0.2) is 8.42 Å². The molecule has 9 heteroatoms. The summed E-state index contributed by atoms with van der Waals surface area (Å²) >= 11 is 0.993. The minimum atomic E-state index is -2.99. The van der Waals surface area contributed by atoms with Gasteiger partial charge in [-0.3, -0.25) is 4.79 Å². The molecule has 0 aliphatic carbocycles. The molecule has 1 aromatic rings. The maximum atomic E-state index is 12.1. The zero-order chi connectivity index (χ0) is 14.8. The first-order chi connectivity index (χ1) is 9.37. The highest BCUT2D eigenvalue weighted by Gasteiger charge is 2.28. The van der Waals surface area contributed by atoms with Crippen LogP contribution < -0.4 is 10.1 Å². The Kier molecular flexibility index (Phi) is 4.59. The highest BCUT2D eigenvalue weighted by atomic mass is 32.2. The van der Waals surface area contributed by atoms with E-state index in [0.717, 1.165) is 11.3 Å². The third-order valence-electron chi connectivity index (χ3n) is 2.93. The van der Waals surface area contributed by atoms with Crippen molar-refractivity contribution >= 4 is 27.1 Å². The molecular weight excluding hydrogens is 312 g/mol. The van der Waals surface area contributed by atoms with Crippen molar-refractivity contribution in [2.24, 2.45) is 5.92 Å². The van der Waals surface area contributed by atoms with Crippen LogP contribution >= 0.6 is 11.3 Å². The summed E-state index contributed by atoms with van der Waals surface area (Å²) < 4.78 is 51.1. The van der Waals surface area contributed by atoms with Crippen LogP contribution in [0, 0.1) is 5.92 Å². The third-order valence-corrected chi connectivity index (χ3v) is 5.66. The third kappa shape index (κ3) is 3.89. The summed E-state index contributed by atoms with van der Waals surface area (Å²) in [4.78, 5) is 11.9. The normalized spacial score (nSPS) is 21.1. The van der Waals surface area contributed by atoms with E-state index >= 15 is 0 Å². The number of carbonyl (C=O) groups is 1. The second kappa shape index (κ2) is 6.04. The van der Waals surface area contributed by atoms with Gasteiger partial charge in [-0.05, 0) is 23.8 Å². The number of hydrogen-bond acceptors (Lipinski definition) is 5. The van der Waals surface area contributed by atoms with Crippen molar-refractivity contribution < 1.29 is 26.7 Å². The van der Waals surface area contributed by atoms with Gasteiger partial charge in [0.15, 0.2) is 9.84 Å². The molecule has 0 spiro atoms. The molecule has 5 nitrogen and oxygen atoms in total.